The van der Waals surface area contributed by atoms with Gasteiger partial charge in [0.25, 0.3) is 0 Å². The van der Waals surface area contributed by atoms with Crippen LogP contribution in [0.4, 0.5) is 0 Å². The summed E-state index contributed by atoms with van der Waals surface area (Å²) in [5.41, 5.74) is 0. The van der Waals surface area contributed by atoms with Crippen LogP contribution >= 0.6 is 0 Å². The molecule has 1 aliphatic rings. The van der Waals surface area contributed by atoms with Crippen molar-refractivity contribution in [2.24, 2.45) is 5.92 Å². The summed E-state index contributed by atoms with van der Waals surface area (Å²) < 4.78 is 7.24. The van der Waals surface area contributed by atoms with Crippen molar-refractivity contribution in [1.29, 1.82) is 0 Å². The number of ether oxygens (including phenoxy) is 1. The summed E-state index contributed by atoms with van der Waals surface area (Å²) in [6.45, 7) is 2.83. The Morgan fingerprint density at radius 1 is 1.64 bits per heavy atom. The van der Waals surface area contributed by atoms with Crippen molar-refractivity contribution in [3.63, 3.8) is 0 Å². The van der Waals surface area contributed by atoms with Crippen LogP contribution in [0.15, 0.2) is 18.5 Å². The Kier molecular flexibility index (Phi) is 1.90. The number of hydrogen-bond acceptors (Lipinski definition) is 2. The topological polar surface area (TPSA) is 27.1 Å². The van der Waals surface area contributed by atoms with Gasteiger partial charge < -0.3 is 4.74 Å². The molecular weight excluding hydrogens is 140 g/mol. The molecule has 0 spiro atoms. The summed E-state index contributed by atoms with van der Waals surface area (Å²) in [6.07, 6.45) is 4.99. The van der Waals surface area contributed by atoms with Crippen LogP contribution in [0.2, 0.25) is 0 Å². The van der Waals surface area contributed by atoms with Gasteiger partial charge in [-0.2, -0.15) is 5.10 Å². The predicted molar refractivity (Wildman–Crippen MR) is 41.2 cm³/mol. The fourth-order valence-electron chi connectivity index (χ4n) is 1.40. The van der Waals surface area contributed by atoms with Gasteiger partial charge in [0.2, 0.25) is 0 Å². The van der Waals surface area contributed by atoms with Crippen LogP contribution in [-0.2, 0) is 11.3 Å². The molecule has 2 rings (SSSR count). The van der Waals surface area contributed by atoms with Gasteiger partial charge in [0, 0.05) is 31.5 Å². The van der Waals surface area contributed by atoms with Gasteiger partial charge in [0.1, 0.15) is 0 Å². The second-order valence-electron chi connectivity index (χ2n) is 2.96. The number of nitrogens with zero attached hydrogens (tertiary/aromatic N) is 2. The van der Waals surface area contributed by atoms with Crippen LogP contribution in [0, 0.1) is 5.92 Å². The number of hydrogen-bond donors (Lipinski definition) is 0. The second kappa shape index (κ2) is 3.05. The lowest BCUT2D eigenvalue weighted by Crippen LogP contribution is -2.10. The molecule has 0 aromatic carbocycles. The quantitative estimate of drug-likeness (QED) is 0.630. The summed E-state index contributed by atoms with van der Waals surface area (Å²) in [4.78, 5) is 0. The van der Waals surface area contributed by atoms with Gasteiger partial charge in [0.05, 0.1) is 6.61 Å². The molecule has 0 aliphatic carbocycles. The maximum atomic E-state index is 5.26. The van der Waals surface area contributed by atoms with Gasteiger partial charge in [0.15, 0.2) is 0 Å². The lowest BCUT2D eigenvalue weighted by atomic mass is 10.1. The maximum absolute atomic E-state index is 5.26. The first-order valence-electron chi connectivity index (χ1n) is 4.00. The summed E-state index contributed by atoms with van der Waals surface area (Å²) in [6, 6.07) is 1.95. The van der Waals surface area contributed by atoms with Gasteiger partial charge in [-0.25, -0.2) is 0 Å². The van der Waals surface area contributed by atoms with E-state index in [0.717, 1.165) is 19.8 Å². The van der Waals surface area contributed by atoms with Crippen LogP contribution < -0.4 is 0 Å². The van der Waals surface area contributed by atoms with Crippen molar-refractivity contribution in [2.75, 3.05) is 13.2 Å². The molecule has 0 N–H and O–H groups in total. The van der Waals surface area contributed by atoms with Crippen molar-refractivity contribution in [1.82, 2.24) is 9.78 Å². The van der Waals surface area contributed by atoms with E-state index in [9.17, 15) is 0 Å². The maximum Gasteiger partial charge on any atom is 0.0512 e. The van der Waals surface area contributed by atoms with Crippen LogP contribution in [0.3, 0.4) is 0 Å². The molecule has 1 aliphatic heterocycles. The highest BCUT2D eigenvalue weighted by Crippen LogP contribution is 2.13. The Morgan fingerprint density at radius 2 is 2.64 bits per heavy atom. The fourth-order valence-corrected chi connectivity index (χ4v) is 1.40. The smallest absolute Gasteiger partial charge is 0.0512 e. The van der Waals surface area contributed by atoms with Crippen molar-refractivity contribution in [3.8, 4) is 0 Å². The monoisotopic (exact) mass is 152 g/mol. The van der Waals surface area contributed by atoms with Gasteiger partial charge in [-0.05, 0) is 12.5 Å². The Labute approximate surface area is 66.0 Å². The Bertz CT molecular complexity index is 202. The number of rotatable bonds is 2. The molecule has 1 fully saturated rings. The minimum atomic E-state index is 0.676. The van der Waals surface area contributed by atoms with Crippen molar-refractivity contribution >= 4 is 0 Å². The summed E-state index contributed by atoms with van der Waals surface area (Å²) in [7, 11) is 0. The molecule has 1 aromatic rings. The predicted octanol–water partition coefficient (Wildman–Crippen LogP) is 0.920. The first-order chi connectivity index (χ1) is 5.45. The third kappa shape index (κ3) is 1.60. The largest absolute Gasteiger partial charge is 0.381 e. The molecule has 1 unspecified atom stereocenters. The molecule has 0 amide bonds. The molecule has 0 radical (unpaired) electrons. The lowest BCUT2D eigenvalue weighted by Gasteiger charge is -2.05. The highest BCUT2D eigenvalue weighted by atomic mass is 16.5. The third-order valence-electron chi connectivity index (χ3n) is 2.03. The number of aromatic nitrogens is 2. The van der Waals surface area contributed by atoms with Crippen molar-refractivity contribution < 1.29 is 4.74 Å². The second-order valence-corrected chi connectivity index (χ2v) is 2.96. The molecule has 3 nitrogen and oxygen atoms in total. The lowest BCUT2D eigenvalue weighted by molar-refractivity contribution is 0.181. The minimum Gasteiger partial charge on any atom is -0.381 e. The van der Waals surface area contributed by atoms with E-state index in [2.05, 4.69) is 5.10 Å². The average Bonchev–Trinajstić information content (AvgIpc) is 2.60. The third-order valence-corrected chi connectivity index (χ3v) is 2.03. The molecule has 0 bridgehead atoms. The minimum absolute atomic E-state index is 0.676. The zero-order chi connectivity index (χ0) is 7.52. The normalized spacial score (nSPS) is 24.2. The fraction of sp³-hybridized carbons (Fsp3) is 0.625. The van der Waals surface area contributed by atoms with Gasteiger partial charge >= 0.3 is 0 Å². The zero-order valence-corrected chi connectivity index (χ0v) is 6.44. The van der Waals surface area contributed by atoms with Gasteiger partial charge in [-0.15, -0.1) is 0 Å². The molecule has 0 saturated carbocycles. The Hall–Kier alpha value is -0.830. The molecule has 60 valence electrons. The molecule has 2 heterocycles. The van der Waals surface area contributed by atoms with Gasteiger partial charge in [-0.1, -0.05) is 0 Å². The van der Waals surface area contributed by atoms with Crippen LogP contribution in [0.5, 0.6) is 0 Å². The van der Waals surface area contributed by atoms with E-state index in [4.69, 9.17) is 4.74 Å². The van der Waals surface area contributed by atoms with E-state index in [1.165, 1.54) is 6.42 Å². The molecular formula is C8H12N2O. The first kappa shape index (κ1) is 6.85. The SMILES string of the molecule is c1cnn(CC2CCOC2)c1. The highest BCUT2D eigenvalue weighted by molar-refractivity contribution is 4.79. The molecule has 11 heavy (non-hydrogen) atoms. The van der Waals surface area contributed by atoms with Gasteiger partial charge in [-0.3, -0.25) is 4.68 Å². The zero-order valence-electron chi connectivity index (χ0n) is 6.44. The summed E-state index contributed by atoms with van der Waals surface area (Å²) >= 11 is 0. The van der Waals surface area contributed by atoms with E-state index in [0.29, 0.717) is 5.92 Å². The first-order valence-corrected chi connectivity index (χ1v) is 4.00. The standard InChI is InChI=1S/C8H12N2O/c1-3-9-10(4-1)6-8-2-5-11-7-8/h1,3-4,8H,2,5-7H2. The van der Waals surface area contributed by atoms with Crippen LogP contribution in [-0.4, -0.2) is 23.0 Å². The Balaban J connectivity index is 1.90. The molecule has 1 saturated heterocycles. The molecule has 1 aromatic heterocycles. The molecule has 1 atom stereocenters. The average molecular weight is 152 g/mol. The Morgan fingerprint density at radius 3 is 3.27 bits per heavy atom. The van der Waals surface area contributed by atoms with Crippen molar-refractivity contribution in [2.45, 2.75) is 13.0 Å². The summed E-state index contributed by atoms with van der Waals surface area (Å²) in [5.74, 6) is 0.676. The van der Waals surface area contributed by atoms with E-state index in [-0.39, 0.29) is 0 Å². The summed E-state index contributed by atoms with van der Waals surface area (Å²) in [5, 5.41) is 4.14. The van der Waals surface area contributed by atoms with E-state index in [1.54, 1.807) is 0 Å². The van der Waals surface area contributed by atoms with Crippen molar-refractivity contribution in [3.05, 3.63) is 18.5 Å². The van der Waals surface area contributed by atoms with Crippen LogP contribution in [0.1, 0.15) is 6.42 Å². The highest BCUT2D eigenvalue weighted by Gasteiger charge is 2.15. The van der Waals surface area contributed by atoms with E-state index >= 15 is 0 Å². The molecule has 3 heteroatoms. The van der Waals surface area contributed by atoms with E-state index in [1.807, 2.05) is 23.1 Å². The van der Waals surface area contributed by atoms with E-state index < -0.39 is 0 Å². The van der Waals surface area contributed by atoms with Crippen LogP contribution in [0.25, 0.3) is 0 Å².